The molecule has 0 aromatic heterocycles. The van der Waals surface area contributed by atoms with E-state index in [2.05, 4.69) is 15.9 Å². The predicted molar refractivity (Wildman–Crippen MR) is 106 cm³/mol. The molecule has 1 amide bonds. The molecular weight excluding hydrogens is 418 g/mol. The zero-order valence-electron chi connectivity index (χ0n) is 15.0. The van der Waals surface area contributed by atoms with Gasteiger partial charge in [-0.15, -0.1) is 0 Å². The van der Waals surface area contributed by atoms with Crippen LogP contribution in [0, 0.1) is 0 Å². The van der Waals surface area contributed by atoms with Gasteiger partial charge in [-0.25, -0.2) is 0 Å². The topological polar surface area (TPSA) is 63.7 Å². The van der Waals surface area contributed by atoms with Crippen molar-refractivity contribution >= 4 is 32.0 Å². The van der Waals surface area contributed by atoms with Gasteiger partial charge in [0.05, 0.1) is 6.26 Å². The Morgan fingerprint density at radius 3 is 2.19 bits per heavy atom. The minimum atomic E-state index is -3.55. The van der Waals surface area contributed by atoms with Gasteiger partial charge in [-0.2, -0.15) is 8.42 Å². The van der Waals surface area contributed by atoms with E-state index >= 15 is 0 Å². The monoisotopic (exact) mass is 439 g/mol. The standard InChI is InChI=1S/C19H22BrNO4S/c1-4-14(2)21(19(22)16-7-9-17(20)10-8-16)13-15-5-11-18(12-6-15)25-26(3,23)24/h5-12,14H,4,13H2,1-3H3. The number of carbonyl (C=O) groups excluding carboxylic acids is 1. The molecule has 0 aliphatic carbocycles. The predicted octanol–water partition coefficient (Wildman–Crippen LogP) is 4.23. The van der Waals surface area contributed by atoms with Crippen LogP contribution in [0.1, 0.15) is 36.2 Å². The van der Waals surface area contributed by atoms with Crippen LogP contribution in [0.4, 0.5) is 0 Å². The summed E-state index contributed by atoms with van der Waals surface area (Å²) in [5.74, 6) is 0.217. The summed E-state index contributed by atoms with van der Waals surface area (Å²) < 4.78 is 28.1. The fourth-order valence-electron chi connectivity index (χ4n) is 2.43. The van der Waals surface area contributed by atoms with Gasteiger partial charge >= 0.3 is 10.1 Å². The van der Waals surface area contributed by atoms with Gasteiger partial charge in [0.15, 0.2) is 0 Å². The summed E-state index contributed by atoms with van der Waals surface area (Å²) in [5.41, 5.74) is 1.53. The largest absolute Gasteiger partial charge is 0.383 e. The molecule has 0 saturated heterocycles. The van der Waals surface area contributed by atoms with E-state index in [-0.39, 0.29) is 17.7 Å². The van der Waals surface area contributed by atoms with Crippen molar-refractivity contribution in [1.82, 2.24) is 4.90 Å². The highest BCUT2D eigenvalue weighted by Crippen LogP contribution is 2.20. The van der Waals surface area contributed by atoms with E-state index in [1.165, 1.54) is 0 Å². The Kier molecular flexibility index (Phi) is 6.83. The zero-order chi connectivity index (χ0) is 19.3. The average Bonchev–Trinajstić information content (AvgIpc) is 2.59. The SMILES string of the molecule is CCC(C)N(Cc1ccc(OS(C)(=O)=O)cc1)C(=O)c1ccc(Br)cc1. The number of carbonyl (C=O) groups is 1. The molecule has 0 aliphatic heterocycles. The van der Waals surface area contributed by atoms with E-state index in [1.807, 2.05) is 30.9 Å². The third-order valence-corrected chi connectivity index (χ3v) is 5.02. The molecule has 2 aromatic rings. The van der Waals surface area contributed by atoms with Crippen molar-refractivity contribution in [2.45, 2.75) is 32.9 Å². The van der Waals surface area contributed by atoms with Gasteiger partial charge in [0.25, 0.3) is 5.91 Å². The molecule has 0 saturated carbocycles. The number of nitrogens with zero attached hydrogens (tertiary/aromatic N) is 1. The van der Waals surface area contributed by atoms with Crippen LogP contribution in [0.5, 0.6) is 5.75 Å². The van der Waals surface area contributed by atoms with Crippen molar-refractivity contribution in [2.75, 3.05) is 6.26 Å². The average molecular weight is 440 g/mol. The first-order chi connectivity index (χ1) is 12.2. The fourth-order valence-corrected chi connectivity index (χ4v) is 3.15. The first-order valence-corrected chi connectivity index (χ1v) is 10.9. The summed E-state index contributed by atoms with van der Waals surface area (Å²) in [7, 11) is -3.55. The van der Waals surface area contributed by atoms with E-state index in [9.17, 15) is 13.2 Å². The first-order valence-electron chi connectivity index (χ1n) is 8.24. The molecule has 0 N–H and O–H groups in total. The van der Waals surface area contributed by atoms with Gasteiger partial charge < -0.3 is 9.08 Å². The molecule has 0 spiro atoms. The number of halogens is 1. The van der Waals surface area contributed by atoms with Crippen molar-refractivity contribution in [3.8, 4) is 5.75 Å². The highest BCUT2D eigenvalue weighted by atomic mass is 79.9. The lowest BCUT2D eigenvalue weighted by Gasteiger charge is -2.29. The summed E-state index contributed by atoms with van der Waals surface area (Å²) in [5, 5.41) is 0. The Morgan fingerprint density at radius 2 is 1.69 bits per heavy atom. The van der Waals surface area contributed by atoms with Crippen molar-refractivity contribution in [3.63, 3.8) is 0 Å². The Labute approximate surface area is 163 Å². The highest BCUT2D eigenvalue weighted by Gasteiger charge is 2.21. The van der Waals surface area contributed by atoms with E-state index in [0.717, 1.165) is 22.7 Å². The molecule has 7 heteroatoms. The smallest absolute Gasteiger partial charge is 0.306 e. The molecular formula is C19H22BrNO4S. The van der Waals surface area contributed by atoms with E-state index in [1.54, 1.807) is 36.4 Å². The normalized spacial score (nSPS) is 12.5. The second-order valence-corrected chi connectivity index (χ2v) is 8.62. The van der Waals surface area contributed by atoms with E-state index < -0.39 is 10.1 Å². The third-order valence-electron chi connectivity index (χ3n) is 4.00. The first kappa shape index (κ1) is 20.5. The zero-order valence-corrected chi connectivity index (χ0v) is 17.4. The van der Waals surface area contributed by atoms with Crippen LogP contribution in [0.2, 0.25) is 0 Å². The van der Waals surface area contributed by atoms with Crippen LogP contribution in [-0.2, 0) is 16.7 Å². The van der Waals surface area contributed by atoms with Gasteiger partial charge in [0.1, 0.15) is 5.75 Å². The molecule has 0 radical (unpaired) electrons. The quantitative estimate of drug-likeness (QED) is 0.605. The summed E-state index contributed by atoms with van der Waals surface area (Å²) >= 11 is 3.38. The molecule has 0 fully saturated rings. The molecule has 140 valence electrons. The van der Waals surface area contributed by atoms with Gasteiger partial charge in [-0.05, 0) is 55.3 Å². The van der Waals surface area contributed by atoms with Crippen LogP contribution in [0.3, 0.4) is 0 Å². The summed E-state index contributed by atoms with van der Waals surface area (Å²) in [4.78, 5) is 14.7. The number of hydrogen-bond donors (Lipinski definition) is 0. The molecule has 0 heterocycles. The van der Waals surface area contributed by atoms with E-state index in [4.69, 9.17) is 4.18 Å². The van der Waals surface area contributed by atoms with Crippen molar-refractivity contribution in [3.05, 3.63) is 64.1 Å². The molecule has 1 unspecified atom stereocenters. The number of hydrogen-bond acceptors (Lipinski definition) is 4. The van der Waals surface area contributed by atoms with Crippen LogP contribution in [-0.4, -0.2) is 31.5 Å². The second-order valence-electron chi connectivity index (χ2n) is 6.13. The van der Waals surface area contributed by atoms with E-state index in [0.29, 0.717) is 12.1 Å². The summed E-state index contributed by atoms with van der Waals surface area (Å²) in [6.07, 6.45) is 1.83. The summed E-state index contributed by atoms with van der Waals surface area (Å²) in [6.45, 7) is 4.48. The van der Waals surface area contributed by atoms with Gasteiger partial charge in [0.2, 0.25) is 0 Å². The van der Waals surface area contributed by atoms with Crippen LogP contribution >= 0.6 is 15.9 Å². The molecule has 2 aromatic carbocycles. The van der Waals surface area contributed by atoms with Crippen molar-refractivity contribution in [1.29, 1.82) is 0 Å². The second kappa shape index (κ2) is 8.68. The van der Waals surface area contributed by atoms with Crippen LogP contribution < -0.4 is 4.18 Å². The highest BCUT2D eigenvalue weighted by molar-refractivity contribution is 9.10. The van der Waals surface area contributed by atoms with Gasteiger partial charge in [-0.3, -0.25) is 4.79 Å². The molecule has 0 aliphatic rings. The minimum Gasteiger partial charge on any atom is -0.383 e. The molecule has 5 nitrogen and oxygen atoms in total. The Hall–Kier alpha value is -1.86. The maximum atomic E-state index is 12.9. The fraction of sp³-hybridized carbons (Fsp3) is 0.316. The Balaban J connectivity index is 2.20. The molecule has 2 rings (SSSR count). The van der Waals surface area contributed by atoms with Crippen LogP contribution in [0.15, 0.2) is 53.0 Å². The van der Waals surface area contributed by atoms with Gasteiger partial charge in [0, 0.05) is 22.6 Å². The molecule has 0 bridgehead atoms. The Morgan fingerprint density at radius 1 is 1.12 bits per heavy atom. The lowest BCUT2D eigenvalue weighted by molar-refractivity contribution is 0.0671. The molecule has 1 atom stereocenters. The lowest BCUT2D eigenvalue weighted by Crippen LogP contribution is -2.37. The summed E-state index contributed by atoms with van der Waals surface area (Å²) in [6, 6.07) is 14.1. The minimum absolute atomic E-state index is 0.0386. The Bertz CT molecular complexity index is 848. The number of rotatable bonds is 7. The van der Waals surface area contributed by atoms with Crippen LogP contribution in [0.25, 0.3) is 0 Å². The maximum Gasteiger partial charge on any atom is 0.306 e. The maximum absolute atomic E-state index is 12.9. The number of benzene rings is 2. The van der Waals surface area contributed by atoms with Gasteiger partial charge in [-0.1, -0.05) is 35.0 Å². The third kappa shape index (κ3) is 5.85. The number of amides is 1. The van der Waals surface area contributed by atoms with Crippen molar-refractivity contribution < 1.29 is 17.4 Å². The molecule has 26 heavy (non-hydrogen) atoms. The lowest BCUT2D eigenvalue weighted by atomic mass is 10.1. The van der Waals surface area contributed by atoms with Crippen molar-refractivity contribution in [2.24, 2.45) is 0 Å².